The van der Waals surface area contributed by atoms with Crippen molar-refractivity contribution in [3.8, 4) is 11.4 Å². The van der Waals surface area contributed by atoms with Crippen molar-refractivity contribution >= 4 is 17.5 Å². The predicted octanol–water partition coefficient (Wildman–Crippen LogP) is 2.50. The highest BCUT2D eigenvalue weighted by Gasteiger charge is 2.13. The van der Waals surface area contributed by atoms with Gasteiger partial charge in [-0.2, -0.15) is 0 Å². The van der Waals surface area contributed by atoms with Crippen LogP contribution in [0.15, 0.2) is 35.3 Å². The smallest absolute Gasteiger partial charge is 0.254 e. The minimum absolute atomic E-state index is 0.0604. The van der Waals surface area contributed by atoms with Crippen LogP contribution in [0.25, 0.3) is 11.4 Å². The van der Waals surface area contributed by atoms with Gasteiger partial charge in [-0.25, -0.2) is 4.98 Å². The van der Waals surface area contributed by atoms with Gasteiger partial charge in [0.05, 0.1) is 6.42 Å². The Morgan fingerprint density at radius 3 is 2.41 bits per heavy atom. The molecule has 2 aromatic rings. The number of likely N-dealkylation sites (N-methyl/N-ethyl adjacent to an activating group) is 1. The van der Waals surface area contributed by atoms with Crippen molar-refractivity contribution in [2.45, 2.75) is 20.3 Å². The number of carbonyl (C=O) groups is 1. The second kappa shape index (κ2) is 7.22. The van der Waals surface area contributed by atoms with E-state index >= 15 is 0 Å². The molecule has 1 amide bonds. The Hall–Kier alpha value is -2.14. The first kappa shape index (κ1) is 16.2. The number of nitrogens with zero attached hydrogens (tertiary/aromatic N) is 2. The minimum atomic E-state index is -0.291. The molecule has 0 unspecified atom stereocenters. The van der Waals surface area contributed by atoms with Gasteiger partial charge in [0.15, 0.2) is 0 Å². The quantitative estimate of drug-likeness (QED) is 0.920. The maximum atomic E-state index is 12.1. The molecule has 1 heterocycles. The highest BCUT2D eigenvalue weighted by molar-refractivity contribution is 6.30. The van der Waals surface area contributed by atoms with Gasteiger partial charge < -0.3 is 9.88 Å². The number of hydrogen-bond acceptors (Lipinski definition) is 3. The standard InChI is InChI=1S/C16H18ClN3O2/c1-3-20(4-2)14(21)9-12-10-18-15(19-16(12)22)11-5-7-13(17)8-6-11/h5-8,10H,3-4,9H2,1-2H3,(H,18,19,22). The van der Waals surface area contributed by atoms with Crippen LogP contribution in [0, 0.1) is 0 Å². The Morgan fingerprint density at radius 1 is 1.23 bits per heavy atom. The summed E-state index contributed by atoms with van der Waals surface area (Å²) in [4.78, 5) is 32.8. The molecule has 0 aliphatic rings. The molecule has 0 aliphatic carbocycles. The minimum Gasteiger partial charge on any atom is -0.343 e. The summed E-state index contributed by atoms with van der Waals surface area (Å²) in [6.45, 7) is 5.08. The summed E-state index contributed by atoms with van der Waals surface area (Å²) in [5, 5.41) is 0.618. The molecule has 0 saturated heterocycles. The largest absolute Gasteiger partial charge is 0.343 e. The van der Waals surface area contributed by atoms with E-state index in [1.165, 1.54) is 6.20 Å². The van der Waals surface area contributed by atoms with Gasteiger partial charge in [0.2, 0.25) is 5.91 Å². The van der Waals surface area contributed by atoms with Crippen LogP contribution in [0.4, 0.5) is 0 Å². The van der Waals surface area contributed by atoms with E-state index in [0.717, 1.165) is 5.56 Å². The molecule has 1 aromatic heterocycles. The zero-order valence-corrected chi connectivity index (χ0v) is 13.4. The number of nitrogens with one attached hydrogen (secondary N) is 1. The molecule has 1 aromatic carbocycles. The number of aromatic amines is 1. The van der Waals surface area contributed by atoms with E-state index in [9.17, 15) is 9.59 Å². The summed E-state index contributed by atoms with van der Waals surface area (Å²) in [7, 11) is 0. The highest BCUT2D eigenvalue weighted by atomic mass is 35.5. The van der Waals surface area contributed by atoms with Gasteiger partial charge in [-0.3, -0.25) is 9.59 Å². The van der Waals surface area contributed by atoms with Crippen molar-refractivity contribution in [1.82, 2.24) is 14.9 Å². The number of H-pyrrole nitrogens is 1. The van der Waals surface area contributed by atoms with Crippen LogP contribution < -0.4 is 5.56 Å². The molecular formula is C16H18ClN3O2. The average Bonchev–Trinajstić information content (AvgIpc) is 2.51. The number of rotatable bonds is 5. The van der Waals surface area contributed by atoms with E-state index in [1.54, 1.807) is 29.2 Å². The van der Waals surface area contributed by atoms with Crippen LogP contribution in [-0.4, -0.2) is 33.9 Å². The second-order valence-corrected chi connectivity index (χ2v) is 5.27. The Labute approximate surface area is 134 Å². The normalized spacial score (nSPS) is 10.5. The first-order valence-electron chi connectivity index (χ1n) is 7.17. The molecule has 0 aliphatic heterocycles. The molecule has 0 saturated carbocycles. The van der Waals surface area contributed by atoms with E-state index in [4.69, 9.17) is 11.6 Å². The van der Waals surface area contributed by atoms with Crippen molar-refractivity contribution in [2.24, 2.45) is 0 Å². The van der Waals surface area contributed by atoms with Crippen LogP contribution in [0.1, 0.15) is 19.4 Å². The molecule has 0 spiro atoms. The SMILES string of the molecule is CCN(CC)C(=O)Cc1cnc(-c2ccc(Cl)cc2)[nH]c1=O. The zero-order chi connectivity index (χ0) is 16.1. The Bertz CT molecular complexity index is 706. The van der Waals surface area contributed by atoms with Crippen molar-refractivity contribution in [2.75, 3.05) is 13.1 Å². The van der Waals surface area contributed by atoms with Gasteiger partial charge in [-0.15, -0.1) is 0 Å². The Morgan fingerprint density at radius 2 is 1.86 bits per heavy atom. The van der Waals surface area contributed by atoms with E-state index in [0.29, 0.717) is 29.5 Å². The monoisotopic (exact) mass is 319 g/mol. The van der Waals surface area contributed by atoms with E-state index in [1.807, 2.05) is 13.8 Å². The maximum Gasteiger partial charge on any atom is 0.254 e. The van der Waals surface area contributed by atoms with Crippen molar-refractivity contribution < 1.29 is 4.79 Å². The van der Waals surface area contributed by atoms with Crippen LogP contribution >= 0.6 is 11.6 Å². The lowest BCUT2D eigenvalue weighted by atomic mass is 10.2. The molecule has 6 heteroatoms. The number of aromatic nitrogens is 2. The van der Waals surface area contributed by atoms with Crippen LogP contribution in [0.3, 0.4) is 0 Å². The average molecular weight is 320 g/mol. The summed E-state index contributed by atoms with van der Waals surface area (Å²) in [5.74, 6) is 0.386. The molecule has 5 nitrogen and oxygen atoms in total. The molecule has 0 bridgehead atoms. The van der Waals surface area contributed by atoms with E-state index in [-0.39, 0.29) is 17.9 Å². The molecule has 0 radical (unpaired) electrons. The molecule has 0 fully saturated rings. The molecule has 116 valence electrons. The topological polar surface area (TPSA) is 66.1 Å². The second-order valence-electron chi connectivity index (χ2n) is 4.84. The predicted molar refractivity (Wildman–Crippen MR) is 86.9 cm³/mol. The number of benzene rings is 1. The van der Waals surface area contributed by atoms with Gasteiger partial charge in [-0.05, 0) is 38.1 Å². The summed E-state index contributed by atoms with van der Waals surface area (Å²) in [6, 6.07) is 7.02. The van der Waals surface area contributed by atoms with E-state index in [2.05, 4.69) is 9.97 Å². The third-order valence-electron chi connectivity index (χ3n) is 3.45. The molecule has 0 atom stereocenters. The van der Waals surface area contributed by atoms with Crippen molar-refractivity contribution in [3.05, 3.63) is 51.4 Å². The van der Waals surface area contributed by atoms with Crippen LogP contribution in [-0.2, 0) is 11.2 Å². The summed E-state index contributed by atoms with van der Waals surface area (Å²) in [6.07, 6.45) is 1.52. The van der Waals surface area contributed by atoms with E-state index < -0.39 is 0 Å². The number of amides is 1. The third kappa shape index (κ3) is 3.74. The van der Waals surface area contributed by atoms with Gasteiger partial charge in [-0.1, -0.05) is 11.6 Å². The summed E-state index contributed by atoms with van der Waals surface area (Å²) >= 11 is 5.84. The lowest BCUT2D eigenvalue weighted by Crippen LogP contribution is -2.33. The fourth-order valence-electron chi connectivity index (χ4n) is 2.15. The summed E-state index contributed by atoms with van der Waals surface area (Å²) in [5.41, 5.74) is 0.846. The number of halogens is 1. The van der Waals surface area contributed by atoms with Gasteiger partial charge >= 0.3 is 0 Å². The lowest BCUT2D eigenvalue weighted by molar-refractivity contribution is -0.130. The fraction of sp³-hybridized carbons (Fsp3) is 0.312. The molecule has 22 heavy (non-hydrogen) atoms. The Kier molecular flexibility index (Phi) is 5.33. The number of carbonyl (C=O) groups excluding carboxylic acids is 1. The van der Waals surface area contributed by atoms with Gasteiger partial charge in [0, 0.05) is 35.4 Å². The first-order valence-corrected chi connectivity index (χ1v) is 7.54. The van der Waals surface area contributed by atoms with Crippen molar-refractivity contribution in [3.63, 3.8) is 0 Å². The summed E-state index contributed by atoms with van der Waals surface area (Å²) < 4.78 is 0. The van der Waals surface area contributed by atoms with Gasteiger partial charge in [0.1, 0.15) is 5.82 Å². The maximum absolute atomic E-state index is 12.1. The molecule has 2 rings (SSSR count). The van der Waals surface area contributed by atoms with Gasteiger partial charge in [0.25, 0.3) is 5.56 Å². The Balaban J connectivity index is 2.21. The van der Waals surface area contributed by atoms with Crippen LogP contribution in [0.5, 0.6) is 0 Å². The third-order valence-corrected chi connectivity index (χ3v) is 3.70. The molecule has 1 N–H and O–H groups in total. The van der Waals surface area contributed by atoms with Crippen molar-refractivity contribution in [1.29, 1.82) is 0 Å². The number of hydrogen-bond donors (Lipinski definition) is 1. The zero-order valence-electron chi connectivity index (χ0n) is 12.6. The fourth-order valence-corrected chi connectivity index (χ4v) is 2.28. The van der Waals surface area contributed by atoms with Crippen LogP contribution in [0.2, 0.25) is 5.02 Å². The highest BCUT2D eigenvalue weighted by Crippen LogP contribution is 2.16. The molecular weight excluding hydrogens is 302 g/mol. The first-order chi connectivity index (χ1) is 10.5. The lowest BCUT2D eigenvalue weighted by Gasteiger charge is -2.18.